The molecule has 104 valence electrons. The fraction of sp³-hybridized carbons (Fsp3) is 0.615. The van der Waals surface area contributed by atoms with Crippen LogP contribution in [0.4, 0.5) is 11.6 Å². The van der Waals surface area contributed by atoms with Crippen LogP contribution >= 0.6 is 0 Å². The van der Waals surface area contributed by atoms with Crippen LogP contribution in [0.2, 0.25) is 0 Å². The lowest BCUT2D eigenvalue weighted by Crippen LogP contribution is -2.27. The van der Waals surface area contributed by atoms with Crippen molar-refractivity contribution in [3.8, 4) is 0 Å². The summed E-state index contributed by atoms with van der Waals surface area (Å²) in [6.07, 6.45) is 2.28. The molecule has 1 aliphatic carbocycles. The van der Waals surface area contributed by atoms with Crippen molar-refractivity contribution in [1.29, 1.82) is 0 Å². The summed E-state index contributed by atoms with van der Waals surface area (Å²) in [6, 6.07) is 1.39. The SMILES string of the molecule is CCNc1cc(NC(C)C(=O)OC)nc(C2CC2)n1. The van der Waals surface area contributed by atoms with Gasteiger partial charge in [0.1, 0.15) is 23.5 Å². The average Bonchev–Trinajstić information content (AvgIpc) is 3.22. The molecule has 1 aromatic heterocycles. The van der Waals surface area contributed by atoms with Crippen molar-refractivity contribution >= 4 is 17.6 Å². The fourth-order valence-electron chi connectivity index (χ4n) is 1.79. The molecule has 2 N–H and O–H groups in total. The molecule has 0 amide bonds. The molecule has 1 fully saturated rings. The van der Waals surface area contributed by atoms with E-state index in [1.54, 1.807) is 6.92 Å². The first-order chi connectivity index (χ1) is 9.13. The zero-order valence-corrected chi connectivity index (χ0v) is 11.6. The number of hydrogen-bond acceptors (Lipinski definition) is 6. The molecule has 0 aromatic carbocycles. The first-order valence-corrected chi connectivity index (χ1v) is 6.61. The number of carbonyl (C=O) groups excluding carboxylic acids is 1. The highest BCUT2D eigenvalue weighted by Gasteiger charge is 2.27. The Labute approximate surface area is 113 Å². The minimum absolute atomic E-state index is 0.309. The molecule has 1 aromatic rings. The number of carbonyl (C=O) groups is 1. The molecule has 1 aliphatic rings. The van der Waals surface area contributed by atoms with Gasteiger partial charge in [0.15, 0.2) is 0 Å². The summed E-state index contributed by atoms with van der Waals surface area (Å²) < 4.78 is 4.69. The van der Waals surface area contributed by atoms with Gasteiger partial charge in [-0.3, -0.25) is 0 Å². The molecule has 1 atom stereocenters. The van der Waals surface area contributed by atoms with Gasteiger partial charge in [0.2, 0.25) is 0 Å². The van der Waals surface area contributed by atoms with Crippen LogP contribution in [-0.2, 0) is 9.53 Å². The predicted molar refractivity (Wildman–Crippen MR) is 73.3 cm³/mol. The van der Waals surface area contributed by atoms with Crippen molar-refractivity contribution in [2.45, 2.75) is 38.6 Å². The molecule has 19 heavy (non-hydrogen) atoms. The van der Waals surface area contributed by atoms with Crippen LogP contribution in [0.3, 0.4) is 0 Å². The van der Waals surface area contributed by atoms with E-state index < -0.39 is 6.04 Å². The minimum Gasteiger partial charge on any atom is -0.467 e. The molecule has 0 saturated heterocycles. The number of rotatable bonds is 6. The average molecular weight is 264 g/mol. The molecule has 0 radical (unpaired) electrons. The summed E-state index contributed by atoms with van der Waals surface area (Å²) in [4.78, 5) is 20.4. The molecule has 6 heteroatoms. The third kappa shape index (κ3) is 3.56. The Morgan fingerprint density at radius 1 is 1.47 bits per heavy atom. The fourth-order valence-corrected chi connectivity index (χ4v) is 1.79. The first kappa shape index (κ1) is 13.6. The minimum atomic E-state index is -0.429. The van der Waals surface area contributed by atoms with E-state index in [-0.39, 0.29) is 5.97 Å². The van der Waals surface area contributed by atoms with Crippen molar-refractivity contribution in [1.82, 2.24) is 9.97 Å². The number of anilines is 2. The van der Waals surface area contributed by atoms with Crippen LogP contribution in [0, 0.1) is 0 Å². The third-order valence-corrected chi connectivity index (χ3v) is 2.96. The highest BCUT2D eigenvalue weighted by Crippen LogP contribution is 2.38. The normalized spacial score (nSPS) is 15.7. The molecule has 1 unspecified atom stereocenters. The molecule has 1 heterocycles. The number of methoxy groups -OCH3 is 1. The summed E-state index contributed by atoms with van der Waals surface area (Å²) in [5, 5.41) is 6.23. The van der Waals surface area contributed by atoms with E-state index in [1.807, 2.05) is 13.0 Å². The Morgan fingerprint density at radius 3 is 2.74 bits per heavy atom. The molecule has 0 bridgehead atoms. The molecule has 2 rings (SSSR count). The van der Waals surface area contributed by atoms with Crippen LogP contribution in [0.5, 0.6) is 0 Å². The number of hydrogen-bond donors (Lipinski definition) is 2. The van der Waals surface area contributed by atoms with E-state index in [0.29, 0.717) is 11.7 Å². The monoisotopic (exact) mass is 264 g/mol. The second-order valence-corrected chi connectivity index (χ2v) is 4.69. The number of esters is 1. The number of nitrogens with zero attached hydrogens (tertiary/aromatic N) is 2. The summed E-state index contributed by atoms with van der Waals surface area (Å²) in [6.45, 7) is 4.56. The topological polar surface area (TPSA) is 76.1 Å². The van der Waals surface area contributed by atoms with E-state index in [0.717, 1.165) is 31.0 Å². The number of aromatic nitrogens is 2. The lowest BCUT2D eigenvalue weighted by Gasteiger charge is -2.14. The zero-order valence-electron chi connectivity index (χ0n) is 11.6. The van der Waals surface area contributed by atoms with E-state index in [1.165, 1.54) is 7.11 Å². The van der Waals surface area contributed by atoms with Crippen molar-refractivity contribution in [3.63, 3.8) is 0 Å². The van der Waals surface area contributed by atoms with Gasteiger partial charge in [-0.15, -0.1) is 0 Å². The van der Waals surface area contributed by atoms with Crippen molar-refractivity contribution < 1.29 is 9.53 Å². The summed E-state index contributed by atoms with van der Waals surface area (Å²) in [5.41, 5.74) is 0. The molecular weight excluding hydrogens is 244 g/mol. The van der Waals surface area contributed by atoms with Gasteiger partial charge in [0.05, 0.1) is 7.11 Å². The smallest absolute Gasteiger partial charge is 0.328 e. The van der Waals surface area contributed by atoms with Gasteiger partial charge in [-0.05, 0) is 26.7 Å². The Morgan fingerprint density at radius 2 is 2.16 bits per heavy atom. The van der Waals surface area contributed by atoms with Gasteiger partial charge in [0, 0.05) is 18.5 Å². The maximum absolute atomic E-state index is 11.4. The zero-order chi connectivity index (χ0) is 13.8. The summed E-state index contributed by atoms with van der Waals surface area (Å²) in [5.74, 6) is 2.45. The highest BCUT2D eigenvalue weighted by molar-refractivity contribution is 5.78. The Balaban J connectivity index is 2.16. The number of ether oxygens (including phenoxy) is 1. The van der Waals surface area contributed by atoms with E-state index in [9.17, 15) is 4.79 Å². The van der Waals surface area contributed by atoms with Crippen molar-refractivity contribution in [2.24, 2.45) is 0 Å². The molecule has 6 nitrogen and oxygen atoms in total. The largest absolute Gasteiger partial charge is 0.467 e. The predicted octanol–water partition coefficient (Wildman–Crippen LogP) is 1.76. The van der Waals surface area contributed by atoms with Gasteiger partial charge in [0.25, 0.3) is 0 Å². The third-order valence-electron chi connectivity index (χ3n) is 2.96. The van der Waals surface area contributed by atoms with Gasteiger partial charge in [-0.2, -0.15) is 0 Å². The maximum Gasteiger partial charge on any atom is 0.328 e. The quantitative estimate of drug-likeness (QED) is 0.762. The second-order valence-electron chi connectivity index (χ2n) is 4.69. The first-order valence-electron chi connectivity index (χ1n) is 6.61. The van der Waals surface area contributed by atoms with Gasteiger partial charge < -0.3 is 15.4 Å². The van der Waals surface area contributed by atoms with Crippen LogP contribution in [0.15, 0.2) is 6.07 Å². The van der Waals surface area contributed by atoms with Crippen molar-refractivity contribution in [3.05, 3.63) is 11.9 Å². The Bertz CT molecular complexity index is 460. The second kappa shape index (κ2) is 5.86. The highest BCUT2D eigenvalue weighted by atomic mass is 16.5. The van der Waals surface area contributed by atoms with Gasteiger partial charge in [-0.25, -0.2) is 14.8 Å². The molecule has 0 spiro atoms. The lowest BCUT2D eigenvalue weighted by molar-refractivity contribution is -0.141. The molecule has 0 aliphatic heterocycles. The Kier molecular flexibility index (Phi) is 4.19. The van der Waals surface area contributed by atoms with Gasteiger partial charge in [-0.1, -0.05) is 0 Å². The van der Waals surface area contributed by atoms with E-state index in [4.69, 9.17) is 4.74 Å². The van der Waals surface area contributed by atoms with Crippen LogP contribution in [-0.4, -0.2) is 35.6 Å². The molecular formula is C13H20N4O2. The van der Waals surface area contributed by atoms with Crippen LogP contribution < -0.4 is 10.6 Å². The van der Waals surface area contributed by atoms with E-state index >= 15 is 0 Å². The standard InChI is InChI=1S/C13H20N4O2/c1-4-14-10-7-11(15-8(2)13(18)19-3)17-12(16-10)9-5-6-9/h7-9H,4-6H2,1-3H3,(H2,14,15,16,17). The van der Waals surface area contributed by atoms with E-state index in [2.05, 4.69) is 20.6 Å². The number of nitrogens with one attached hydrogen (secondary N) is 2. The van der Waals surface area contributed by atoms with Crippen LogP contribution in [0.25, 0.3) is 0 Å². The van der Waals surface area contributed by atoms with Crippen molar-refractivity contribution in [2.75, 3.05) is 24.3 Å². The lowest BCUT2D eigenvalue weighted by atomic mass is 10.3. The summed E-state index contributed by atoms with van der Waals surface area (Å²) in [7, 11) is 1.38. The Hall–Kier alpha value is -1.85. The van der Waals surface area contributed by atoms with Crippen LogP contribution in [0.1, 0.15) is 38.4 Å². The molecule has 1 saturated carbocycles. The van der Waals surface area contributed by atoms with Gasteiger partial charge >= 0.3 is 5.97 Å². The summed E-state index contributed by atoms with van der Waals surface area (Å²) >= 11 is 0. The maximum atomic E-state index is 11.4.